The Bertz CT molecular complexity index is 771. The van der Waals surface area contributed by atoms with Crippen molar-refractivity contribution < 1.29 is 17.6 Å². The van der Waals surface area contributed by atoms with E-state index in [0.29, 0.717) is 4.88 Å². The van der Waals surface area contributed by atoms with Crippen LogP contribution in [0.4, 0.5) is 10.1 Å². The summed E-state index contributed by atoms with van der Waals surface area (Å²) in [5.74, 6) is -1.19. The molecule has 0 radical (unpaired) electrons. The van der Waals surface area contributed by atoms with Crippen LogP contribution in [0.25, 0.3) is 0 Å². The first-order valence-corrected chi connectivity index (χ1v) is 8.84. The zero-order valence-corrected chi connectivity index (χ0v) is 13.4. The van der Waals surface area contributed by atoms with Crippen LogP contribution in [-0.4, -0.2) is 20.6 Å². The molecule has 8 heteroatoms. The summed E-state index contributed by atoms with van der Waals surface area (Å²) in [6, 6.07) is 6.55. The van der Waals surface area contributed by atoms with Crippen molar-refractivity contribution in [3.8, 4) is 0 Å². The first-order chi connectivity index (χ1) is 9.27. The van der Waals surface area contributed by atoms with E-state index in [4.69, 9.17) is 0 Å². The minimum atomic E-state index is -3.46. The largest absolute Gasteiger partial charge is 0.319 e. The Kier molecular flexibility index (Phi) is 4.26. The summed E-state index contributed by atoms with van der Waals surface area (Å²) in [6.07, 6.45) is 1.02. The molecule has 0 unspecified atom stereocenters. The second-order valence-electron chi connectivity index (χ2n) is 3.97. The summed E-state index contributed by atoms with van der Waals surface area (Å²) in [6.45, 7) is 0. The van der Waals surface area contributed by atoms with E-state index < -0.39 is 21.6 Å². The third kappa shape index (κ3) is 3.44. The summed E-state index contributed by atoms with van der Waals surface area (Å²) < 4.78 is 37.2. The number of halogens is 2. The SMILES string of the molecule is CS(=O)(=O)c1ccc(F)c(NC(=O)c2ccc(Br)s2)c1. The highest BCUT2D eigenvalue weighted by molar-refractivity contribution is 9.11. The number of hydrogen-bond donors (Lipinski definition) is 1. The van der Waals surface area contributed by atoms with Crippen molar-refractivity contribution in [1.29, 1.82) is 0 Å². The van der Waals surface area contributed by atoms with Crippen molar-refractivity contribution in [3.63, 3.8) is 0 Å². The van der Waals surface area contributed by atoms with Crippen molar-refractivity contribution in [2.75, 3.05) is 11.6 Å². The van der Waals surface area contributed by atoms with Gasteiger partial charge in [-0.25, -0.2) is 12.8 Å². The maximum atomic E-state index is 13.6. The smallest absolute Gasteiger partial charge is 0.265 e. The van der Waals surface area contributed by atoms with Crippen LogP contribution in [-0.2, 0) is 9.84 Å². The van der Waals surface area contributed by atoms with E-state index in [1.54, 1.807) is 12.1 Å². The number of rotatable bonds is 3. The van der Waals surface area contributed by atoms with Gasteiger partial charge >= 0.3 is 0 Å². The number of benzene rings is 1. The molecule has 1 aromatic carbocycles. The van der Waals surface area contributed by atoms with Crippen LogP contribution in [0.15, 0.2) is 39.0 Å². The average molecular weight is 378 g/mol. The lowest BCUT2D eigenvalue weighted by atomic mass is 10.3. The highest BCUT2D eigenvalue weighted by Crippen LogP contribution is 2.24. The maximum Gasteiger partial charge on any atom is 0.265 e. The highest BCUT2D eigenvalue weighted by atomic mass is 79.9. The van der Waals surface area contributed by atoms with Gasteiger partial charge in [0.15, 0.2) is 9.84 Å². The van der Waals surface area contributed by atoms with Crippen LogP contribution in [0, 0.1) is 5.82 Å². The van der Waals surface area contributed by atoms with Crippen LogP contribution in [0.5, 0.6) is 0 Å². The summed E-state index contributed by atoms with van der Waals surface area (Å²) in [5, 5.41) is 2.36. The number of anilines is 1. The topological polar surface area (TPSA) is 63.2 Å². The van der Waals surface area contributed by atoms with Gasteiger partial charge in [-0.05, 0) is 46.3 Å². The lowest BCUT2D eigenvalue weighted by molar-refractivity contribution is 0.103. The minimum Gasteiger partial charge on any atom is -0.319 e. The highest BCUT2D eigenvalue weighted by Gasteiger charge is 2.15. The van der Waals surface area contributed by atoms with Gasteiger partial charge in [0, 0.05) is 6.26 Å². The van der Waals surface area contributed by atoms with E-state index in [1.807, 2.05) is 0 Å². The molecule has 1 N–H and O–H groups in total. The molecule has 2 aromatic rings. The normalized spacial score (nSPS) is 11.3. The zero-order valence-electron chi connectivity index (χ0n) is 10.2. The van der Waals surface area contributed by atoms with Gasteiger partial charge in [0.2, 0.25) is 0 Å². The second-order valence-corrected chi connectivity index (χ2v) is 8.45. The number of carbonyl (C=O) groups excluding carboxylic acids is 1. The summed E-state index contributed by atoms with van der Waals surface area (Å²) in [4.78, 5) is 12.2. The fourth-order valence-corrected chi connectivity index (χ4v) is 3.38. The van der Waals surface area contributed by atoms with E-state index in [1.165, 1.54) is 11.3 Å². The molecule has 0 saturated carbocycles. The van der Waals surface area contributed by atoms with Gasteiger partial charge in [0.1, 0.15) is 5.82 Å². The van der Waals surface area contributed by atoms with Gasteiger partial charge in [-0.2, -0.15) is 0 Å². The molecule has 0 fully saturated rings. The number of amides is 1. The second kappa shape index (κ2) is 5.63. The Labute approximate surface area is 127 Å². The molecule has 1 heterocycles. The molecule has 1 aromatic heterocycles. The Hall–Kier alpha value is -1.25. The first kappa shape index (κ1) is 15.1. The van der Waals surface area contributed by atoms with Crippen molar-refractivity contribution >= 4 is 48.7 Å². The van der Waals surface area contributed by atoms with Crippen LogP contribution < -0.4 is 5.32 Å². The molecule has 0 bridgehead atoms. The molecular formula is C12H9BrFNO3S2. The lowest BCUT2D eigenvalue weighted by Gasteiger charge is -2.07. The lowest BCUT2D eigenvalue weighted by Crippen LogP contribution is -2.12. The summed E-state index contributed by atoms with van der Waals surface area (Å²) >= 11 is 4.42. The first-order valence-electron chi connectivity index (χ1n) is 5.33. The predicted molar refractivity (Wildman–Crippen MR) is 79.5 cm³/mol. The number of hydrogen-bond acceptors (Lipinski definition) is 4. The zero-order chi connectivity index (χ0) is 14.9. The standard InChI is InChI=1S/C12H9BrFNO3S2/c1-20(17,18)7-2-3-8(14)9(6-7)15-12(16)10-4-5-11(13)19-10/h2-6H,1H3,(H,15,16). The van der Waals surface area contributed by atoms with E-state index in [9.17, 15) is 17.6 Å². The molecule has 1 amide bonds. The Morgan fingerprint density at radius 1 is 1.30 bits per heavy atom. The predicted octanol–water partition coefficient (Wildman–Crippen LogP) is 3.31. The van der Waals surface area contributed by atoms with Gasteiger partial charge in [-0.15, -0.1) is 11.3 Å². The summed E-state index contributed by atoms with van der Waals surface area (Å²) in [7, 11) is -3.46. The van der Waals surface area contributed by atoms with Gasteiger partial charge in [0.05, 0.1) is 19.2 Å². The van der Waals surface area contributed by atoms with E-state index in [2.05, 4.69) is 21.2 Å². The fourth-order valence-electron chi connectivity index (χ4n) is 1.45. The molecular weight excluding hydrogens is 369 g/mol. The average Bonchev–Trinajstić information content (AvgIpc) is 2.77. The van der Waals surface area contributed by atoms with Crippen molar-refractivity contribution in [1.82, 2.24) is 0 Å². The number of thiophene rings is 1. The quantitative estimate of drug-likeness (QED) is 0.834. The molecule has 0 spiro atoms. The van der Waals surface area contributed by atoms with Crippen LogP contribution in [0.2, 0.25) is 0 Å². The van der Waals surface area contributed by atoms with Gasteiger partial charge < -0.3 is 5.32 Å². The summed E-state index contributed by atoms with van der Waals surface area (Å²) in [5.41, 5.74) is -0.164. The minimum absolute atomic E-state index is 0.0541. The molecule has 106 valence electrons. The Morgan fingerprint density at radius 2 is 2.00 bits per heavy atom. The molecule has 2 rings (SSSR count). The van der Waals surface area contributed by atoms with Crippen molar-refractivity contribution in [2.45, 2.75) is 4.90 Å². The molecule has 0 aliphatic heterocycles. The van der Waals surface area contributed by atoms with Gasteiger partial charge in [-0.1, -0.05) is 0 Å². The van der Waals surface area contributed by atoms with Gasteiger partial charge in [-0.3, -0.25) is 4.79 Å². The van der Waals surface area contributed by atoms with Crippen molar-refractivity contribution in [3.05, 3.63) is 44.8 Å². The van der Waals surface area contributed by atoms with Crippen LogP contribution in [0.1, 0.15) is 9.67 Å². The van der Waals surface area contributed by atoms with Crippen molar-refractivity contribution in [2.24, 2.45) is 0 Å². The van der Waals surface area contributed by atoms with Gasteiger partial charge in [0.25, 0.3) is 5.91 Å². The maximum absolute atomic E-state index is 13.6. The fraction of sp³-hybridized carbons (Fsp3) is 0.0833. The molecule has 20 heavy (non-hydrogen) atoms. The molecule has 0 saturated heterocycles. The Balaban J connectivity index is 2.31. The van der Waals surface area contributed by atoms with E-state index in [0.717, 1.165) is 28.2 Å². The Morgan fingerprint density at radius 3 is 2.55 bits per heavy atom. The monoisotopic (exact) mass is 377 g/mol. The van der Waals surface area contributed by atoms with Crippen LogP contribution >= 0.6 is 27.3 Å². The molecule has 0 aliphatic rings. The molecule has 4 nitrogen and oxygen atoms in total. The number of carbonyl (C=O) groups is 1. The van der Waals surface area contributed by atoms with E-state index in [-0.39, 0.29) is 10.6 Å². The number of sulfone groups is 1. The molecule has 0 aliphatic carbocycles. The third-order valence-electron chi connectivity index (χ3n) is 2.41. The third-order valence-corrected chi connectivity index (χ3v) is 5.14. The molecule has 0 atom stereocenters. The van der Waals surface area contributed by atoms with E-state index >= 15 is 0 Å². The number of nitrogens with one attached hydrogen (secondary N) is 1. The van der Waals surface area contributed by atoms with Crippen LogP contribution in [0.3, 0.4) is 0 Å².